The summed E-state index contributed by atoms with van der Waals surface area (Å²) in [7, 11) is 0. The molecule has 3 aromatic heterocycles. The average molecular weight is 308 g/mol. The molecule has 0 fully saturated rings. The predicted octanol–water partition coefficient (Wildman–Crippen LogP) is 1.57. The van der Waals surface area contributed by atoms with Gasteiger partial charge in [0.15, 0.2) is 5.82 Å². The summed E-state index contributed by atoms with van der Waals surface area (Å²) in [6.07, 6.45) is 6.32. The van der Waals surface area contributed by atoms with Gasteiger partial charge in [-0.1, -0.05) is 0 Å². The lowest BCUT2D eigenvalue weighted by Crippen LogP contribution is -2.22. The van der Waals surface area contributed by atoms with Crippen molar-refractivity contribution in [3.8, 4) is 17.1 Å². The molecule has 1 aliphatic heterocycles. The number of nitrogens with one attached hydrogen (secondary N) is 1. The van der Waals surface area contributed by atoms with E-state index in [0.717, 1.165) is 35.6 Å². The standard InChI is InChI=1S/C16H16N6O/c1-11-9-19-22(10-11)15-7-12(3-5-17-15)13-8-14-16(23)18-4-2-6-21(14)20-13/h3,5,7-10H,2,4,6H2,1H3,(H,18,23). The van der Waals surface area contributed by atoms with Crippen LogP contribution in [0.3, 0.4) is 0 Å². The number of carbonyl (C=O) groups is 1. The summed E-state index contributed by atoms with van der Waals surface area (Å²) >= 11 is 0. The maximum atomic E-state index is 12.0. The fraction of sp³-hybridized carbons (Fsp3) is 0.250. The molecule has 0 aromatic carbocycles. The third-order valence-corrected chi connectivity index (χ3v) is 3.83. The molecule has 7 heteroatoms. The van der Waals surface area contributed by atoms with E-state index in [9.17, 15) is 4.79 Å². The van der Waals surface area contributed by atoms with Gasteiger partial charge in [-0.15, -0.1) is 0 Å². The summed E-state index contributed by atoms with van der Waals surface area (Å²) < 4.78 is 3.50. The Labute approximate surface area is 133 Å². The number of carbonyl (C=O) groups excluding carboxylic acids is 1. The summed E-state index contributed by atoms with van der Waals surface area (Å²) in [5.41, 5.74) is 3.36. The van der Waals surface area contributed by atoms with Gasteiger partial charge in [-0.25, -0.2) is 9.67 Å². The summed E-state index contributed by atoms with van der Waals surface area (Å²) in [6.45, 7) is 3.42. The van der Waals surface area contributed by atoms with E-state index >= 15 is 0 Å². The number of pyridine rings is 1. The molecule has 0 bridgehead atoms. The first-order chi connectivity index (χ1) is 11.2. The second-order valence-corrected chi connectivity index (χ2v) is 5.61. The van der Waals surface area contributed by atoms with Crippen molar-refractivity contribution in [2.75, 3.05) is 6.54 Å². The number of aryl methyl sites for hydroxylation is 2. The molecule has 1 N–H and O–H groups in total. The molecule has 0 saturated heterocycles. The number of nitrogens with zero attached hydrogens (tertiary/aromatic N) is 5. The number of amides is 1. The second-order valence-electron chi connectivity index (χ2n) is 5.61. The van der Waals surface area contributed by atoms with Gasteiger partial charge in [0.05, 0.1) is 11.9 Å². The molecule has 0 atom stereocenters. The summed E-state index contributed by atoms with van der Waals surface area (Å²) in [4.78, 5) is 16.4. The average Bonchev–Trinajstić information content (AvgIpc) is 3.14. The lowest BCUT2D eigenvalue weighted by Gasteiger charge is -2.03. The molecule has 1 aliphatic rings. The maximum Gasteiger partial charge on any atom is 0.269 e. The largest absolute Gasteiger partial charge is 0.351 e. The SMILES string of the molecule is Cc1cnn(-c2cc(-c3cc4n(n3)CCCNC4=O)ccn2)c1. The van der Waals surface area contributed by atoms with Gasteiger partial charge in [0.2, 0.25) is 0 Å². The third-order valence-electron chi connectivity index (χ3n) is 3.83. The zero-order valence-electron chi connectivity index (χ0n) is 12.7. The normalized spacial score (nSPS) is 14.2. The monoisotopic (exact) mass is 308 g/mol. The van der Waals surface area contributed by atoms with Crippen molar-refractivity contribution in [3.05, 3.63) is 48.0 Å². The van der Waals surface area contributed by atoms with Crippen LogP contribution in [0.4, 0.5) is 0 Å². The number of fused-ring (bicyclic) bond motifs is 1. The van der Waals surface area contributed by atoms with Gasteiger partial charge in [0.1, 0.15) is 5.69 Å². The maximum absolute atomic E-state index is 12.0. The Morgan fingerprint density at radius 3 is 3.04 bits per heavy atom. The molecule has 4 rings (SSSR count). The van der Waals surface area contributed by atoms with E-state index < -0.39 is 0 Å². The zero-order valence-corrected chi connectivity index (χ0v) is 12.7. The molecule has 1 amide bonds. The van der Waals surface area contributed by atoms with Crippen LogP contribution >= 0.6 is 0 Å². The van der Waals surface area contributed by atoms with Crippen molar-refractivity contribution in [2.45, 2.75) is 19.9 Å². The lowest BCUT2D eigenvalue weighted by atomic mass is 10.2. The van der Waals surface area contributed by atoms with Gasteiger partial charge in [-0.3, -0.25) is 9.48 Å². The van der Waals surface area contributed by atoms with Crippen molar-refractivity contribution in [1.82, 2.24) is 29.9 Å². The van der Waals surface area contributed by atoms with Crippen LogP contribution < -0.4 is 5.32 Å². The van der Waals surface area contributed by atoms with Crippen LogP contribution in [0.1, 0.15) is 22.5 Å². The Kier molecular flexibility index (Phi) is 3.18. The molecular formula is C16H16N6O. The summed E-state index contributed by atoms with van der Waals surface area (Å²) in [6, 6.07) is 5.64. The molecule has 0 saturated carbocycles. The first-order valence-electron chi connectivity index (χ1n) is 7.55. The van der Waals surface area contributed by atoms with Gasteiger partial charge in [-0.05, 0) is 37.1 Å². The highest BCUT2D eigenvalue weighted by atomic mass is 16.2. The Bertz CT molecular complexity index is 878. The molecule has 0 aliphatic carbocycles. The van der Waals surface area contributed by atoms with Crippen LogP contribution in [0, 0.1) is 6.92 Å². The summed E-state index contributed by atoms with van der Waals surface area (Å²) in [5, 5.41) is 11.7. The molecule has 116 valence electrons. The Morgan fingerprint density at radius 2 is 2.22 bits per heavy atom. The van der Waals surface area contributed by atoms with Crippen LogP contribution in [0.25, 0.3) is 17.1 Å². The molecule has 4 heterocycles. The molecule has 0 radical (unpaired) electrons. The van der Waals surface area contributed by atoms with Crippen LogP contribution in [-0.4, -0.2) is 37.0 Å². The molecule has 0 spiro atoms. The van der Waals surface area contributed by atoms with Gasteiger partial charge < -0.3 is 5.32 Å². The molecule has 0 unspecified atom stereocenters. The van der Waals surface area contributed by atoms with Gasteiger partial charge >= 0.3 is 0 Å². The number of hydrogen-bond donors (Lipinski definition) is 1. The molecular weight excluding hydrogens is 292 g/mol. The van der Waals surface area contributed by atoms with Crippen molar-refractivity contribution in [2.24, 2.45) is 0 Å². The van der Waals surface area contributed by atoms with Gasteiger partial charge in [-0.2, -0.15) is 10.2 Å². The molecule has 23 heavy (non-hydrogen) atoms. The topological polar surface area (TPSA) is 77.6 Å². The molecule has 3 aromatic rings. The second kappa shape index (κ2) is 5.35. The van der Waals surface area contributed by atoms with Gasteiger partial charge in [0.25, 0.3) is 5.91 Å². The van der Waals surface area contributed by atoms with Crippen LogP contribution in [-0.2, 0) is 6.54 Å². The fourth-order valence-corrected chi connectivity index (χ4v) is 2.67. The summed E-state index contributed by atoms with van der Waals surface area (Å²) in [5.74, 6) is 0.654. The highest BCUT2D eigenvalue weighted by molar-refractivity contribution is 5.93. The van der Waals surface area contributed by atoms with E-state index in [0.29, 0.717) is 12.2 Å². The Hall–Kier alpha value is -2.96. The minimum Gasteiger partial charge on any atom is -0.351 e. The van der Waals surface area contributed by atoms with Crippen molar-refractivity contribution in [3.63, 3.8) is 0 Å². The fourth-order valence-electron chi connectivity index (χ4n) is 2.67. The van der Waals surface area contributed by atoms with Gasteiger partial charge in [0, 0.05) is 31.0 Å². The zero-order chi connectivity index (χ0) is 15.8. The van der Waals surface area contributed by atoms with Crippen LogP contribution in [0.2, 0.25) is 0 Å². The van der Waals surface area contributed by atoms with E-state index in [1.54, 1.807) is 21.8 Å². The Morgan fingerprint density at radius 1 is 1.30 bits per heavy atom. The lowest BCUT2D eigenvalue weighted by molar-refractivity contribution is 0.0950. The van der Waals surface area contributed by atoms with Crippen molar-refractivity contribution >= 4 is 5.91 Å². The Balaban J connectivity index is 1.74. The number of rotatable bonds is 2. The third kappa shape index (κ3) is 2.50. The van der Waals surface area contributed by atoms with E-state index in [1.807, 2.05) is 31.3 Å². The minimum atomic E-state index is -0.0711. The van der Waals surface area contributed by atoms with Crippen LogP contribution in [0.5, 0.6) is 0 Å². The first kappa shape index (κ1) is 13.7. The van der Waals surface area contributed by atoms with Crippen molar-refractivity contribution < 1.29 is 4.79 Å². The first-order valence-corrected chi connectivity index (χ1v) is 7.55. The highest BCUT2D eigenvalue weighted by Crippen LogP contribution is 2.21. The predicted molar refractivity (Wildman–Crippen MR) is 84.3 cm³/mol. The smallest absolute Gasteiger partial charge is 0.269 e. The number of aromatic nitrogens is 5. The number of hydrogen-bond acceptors (Lipinski definition) is 4. The molecule has 7 nitrogen and oxygen atoms in total. The van der Waals surface area contributed by atoms with E-state index in [-0.39, 0.29) is 5.91 Å². The van der Waals surface area contributed by atoms with E-state index in [1.165, 1.54) is 0 Å². The quantitative estimate of drug-likeness (QED) is 0.779. The minimum absolute atomic E-state index is 0.0711. The highest BCUT2D eigenvalue weighted by Gasteiger charge is 2.18. The van der Waals surface area contributed by atoms with Crippen LogP contribution in [0.15, 0.2) is 36.8 Å². The van der Waals surface area contributed by atoms with E-state index in [2.05, 4.69) is 20.5 Å². The van der Waals surface area contributed by atoms with Crippen molar-refractivity contribution in [1.29, 1.82) is 0 Å². The van der Waals surface area contributed by atoms with E-state index in [4.69, 9.17) is 0 Å².